The van der Waals surface area contributed by atoms with E-state index >= 15 is 0 Å². The number of halogens is 3. The molecule has 0 radical (unpaired) electrons. The normalized spacial score (nSPS) is 7.40. The summed E-state index contributed by atoms with van der Waals surface area (Å²) in [5, 5.41) is 0.142. The third-order valence-corrected chi connectivity index (χ3v) is 1.07. The van der Waals surface area contributed by atoms with Gasteiger partial charge in [0.05, 0.1) is 0 Å². The van der Waals surface area contributed by atoms with Crippen LogP contribution in [-0.4, -0.2) is 23.1 Å². The Morgan fingerprint density at radius 2 is 2.10 bits per heavy atom. The minimum absolute atomic E-state index is 0. The van der Waals surface area contributed by atoms with E-state index in [4.69, 9.17) is 11.6 Å². The predicted octanol–water partition coefficient (Wildman–Crippen LogP) is -1.10. The average molecular weight is 234 g/mol. The standard InChI is InChI=1S/C6H3ClF.BrH.Mg/c7-5-3-1-2-4-6(5)8;;/h1,3-4H;1H;/q-1;;+2/p-1. The Balaban J connectivity index is 0. The van der Waals surface area contributed by atoms with Gasteiger partial charge in [0.25, 0.3) is 0 Å². The van der Waals surface area contributed by atoms with Crippen LogP contribution >= 0.6 is 11.6 Å². The largest absolute Gasteiger partial charge is 2.00 e. The van der Waals surface area contributed by atoms with E-state index in [0.717, 1.165) is 0 Å². The van der Waals surface area contributed by atoms with Gasteiger partial charge in [-0.2, -0.15) is 12.1 Å². The first-order valence-electron chi connectivity index (χ1n) is 2.12. The monoisotopic (exact) mass is 232 g/mol. The van der Waals surface area contributed by atoms with Crippen LogP contribution < -0.4 is 17.0 Å². The van der Waals surface area contributed by atoms with Crippen molar-refractivity contribution in [3.05, 3.63) is 35.1 Å². The SMILES string of the molecule is Fc1c[c-]ccc1Cl.[Br-].[Mg+2]. The molecule has 0 saturated carbocycles. The summed E-state index contributed by atoms with van der Waals surface area (Å²) < 4.78 is 12.2. The molecule has 1 aromatic rings. The molecule has 10 heavy (non-hydrogen) atoms. The van der Waals surface area contributed by atoms with Gasteiger partial charge >= 0.3 is 23.1 Å². The van der Waals surface area contributed by atoms with Gasteiger partial charge in [0, 0.05) is 5.82 Å². The zero-order valence-electron chi connectivity index (χ0n) is 5.07. The molecule has 1 aromatic carbocycles. The maximum atomic E-state index is 12.2. The Morgan fingerprint density at radius 3 is 2.40 bits per heavy atom. The zero-order valence-corrected chi connectivity index (χ0v) is 8.83. The molecule has 0 bridgehead atoms. The van der Waals surface area contributed by atoms with Crippen molar-refractivity contribution >= 4 is 34.7 Å². The molecule has 1 rings (SSSR count). The molecule has 0 aliphatic carbocycles. The van der Waals surface area contributed by atoms with E-state index in [0.29, 0.717) is 0 Å². The van der Waals surface area contributed by atoms with E-state index in [2.05, 4.69) is 6.07 Å². The number of hydrogen-bond acceptors (Lipinski definition) is 0. The molecule has 0 nitrogen and oxygen atoms in total. The van der Waals surface area contributed by atoms with E-state index < -0.39 is 5.82 Å². The molecule has 0 aromatic heterocycles. The molecule has 0 unspecified atom stereocenters. The van der Waals surface area contributed by atoms with Gasteiger partial charge in [-0.3, -0.25) is 4.39 Å². The van der Waals surface area contributed by atoms with Crippen molar-refractivity contribution in [1.82, 2.24) is 0 Å². The summed E-state index contributed by atoms with van der Waals surface area (Å²) in [6.45, 7) is 0. The number of hydrogen-bond donors (Lipinski definition) is 0. The molecule has 0 atom stereocenters. The van der Waals surface area contributed by atoms with Crippen LogP contribution in [0, 0.1) is 11.9 Å². The van der Waals surface area contributed by atoms with Gasteiger partial charge in [0.15, 0.2) is 0 Å². The van der Waals surface area contributed by atoms with Crippen molar-refractivity contribution in [1.29, 1.82) is 0 Å². The molecule has 0 amide bonds. The zero-order chi connectivity index (χ0) is 5.98. The maximum Gasteiger partial charge on any atom is 2.00 e. The Morgan fingerprint density at radius 1 is 1.50 bits per heavy atom. The number of rotatable bonds is 0. The molecule has 50 valence electrons. The first-order chi connectivity index (χ1) is 3.80. The topological polar surface area (TPSA) is 0 Å². The summed E-state index contributed by atoms with van der Waals surface area (Å²) in [4.78, 5) is 0. The maximum absolute atomic E-state index is 12.2. The van der Waals surface area contributed by atoms with Gasteiger partial charge in [0.1, 0.15) is 0 Å². The van der Waals surface area contributed by atoms with Gasteiger partial charge < -0.3 is 17.0 Å². The fraction of sp³-hybridized carbons (Fsp3) is 0. The van der Waals surface area contributed by atoms with E-state index in [1.807, 2.05) is 0 Å². The summed E-state index contributed by atoms with van der Waals surface area (Å²) in [7, 11) is 0. The molecule has 0 aliphatic heterocycles. The van der Waals surface area contributed by atoms with Crippen LogP contribution in [0.5, 0.6) is 0 Å². The first-order valence-corrected chi connectivity index (χ1v) is 2.49. The van der Waals surface area contributed by atoms with Crippen molar-refractivity contribution in [3.63, 3.8) is 0 Å². The summed E-state index contributed by atoms with van der Waals surface area (Å²) in [5.74, 6) is -0.422. The van der Waals surface area contributed by atoms with Gasteiger partial charge in [-0.05, 0) is 5.02 Å². The predicted molar refractivity (Wildman–Crippen MR) is 36.0 cm³/mol. The molecule has 0 saturated heterocycles. The number of benzene rings is 1. The fourth-order valence-electron chi connectivity index (χ4n) is 0.391. The molecule has 0 heterocycles. The van der Waals surface area contributed by atoms with Crippen molar-refractivity contribution in [3.8, 4) is 0 Å². The summed E-state index contributed by atoms with van der Waals surface area (Å²) in [6, 6.07) is 6.75. The quantitative estimate of drug-likeness (QED) is 0.395. The second-order valence-corrected chi connectivity index (χ2v) is 1.75. The molecule has 0 aliphatic rings. The smallest absolute Gasteiger partial charge is 1.00 e. The minimum Gasteiger partial charge on any atom is -1.00 e. The van der Waals surface area contributed by atoms with Gasteiger partial charge in [-0.15, -0.1) is 23.7 Å². The van der Waals surface area contributed by atoms with E-state index in [9.17, 15) is 4.39 Å². The van der Waals surface area contributed by atoms with Crippen molar-refractivity contribution < 1.29 is 21.4 Å². The van der Waals surface area contributed by atoms with Crippen LogP contribution in [-0.2, 0) is 0 Å². The third kappa shape index (κ3) is 3.76. The Labute approximate surface area is 90.7 Å². The Hall–Kier alpha value is 0.686. The van der Waals surface area contributed by atoms with Crippen molar-refractivity contribution in [2.75, 3.05) is 0 Å². The third-order valence-electron chi connectivity index (χ3n) is 0.764. The fourth-order valence-corrected chi connectivity index (χ4v) is 0.509. The average Bonchev–Trinajstić information content (AvgIpc) is 1.77. The molecular formula is C6H3BrClFMg. The summed E-state index contributed by atoms with van der Waals surface area (Å²) in [6.07, 6.45) is 0. The summed E-state index contributed by atoms with van der Waals surface area (Å²) >= 11 is 5.31. The van der Waals surface area contributed by atoms with Crippen LogP contribution in [0.3, 0.4) is 0 Å². The Bertz CT molecular complexity index is 174. The van der Waals surface area contributed by atoms with Gasteiger partial charge in [-0.25, -0.2) is 0 Å². The minimum atomic E-state index is -0.422. The first kappa shape index (κ1) is 13.3. The van der Waals surface area contributed by atoms with E-state index in [1.165, 1.54) is 12.1 Å². The second kappa shape index (κ2) is 6.40. The molecule has 0 N–H and O–H groups in total. The van der Waals surface area contributed by atoms with Crippen LogP contribution in [0.1, 0.15) is 0 Å². The van der Waals surface area contributed by atoms with Crippen LogP contribution in [0.25, 0.3) is 0 Å². The van der Waals surface area contributed by atoms with Gasteiger partial charge in [0.2, 0.25) is 0 Å². The van der Waals surface area contributed by atoms with Crippen LogP contribution in [0.2, 0.25) is 5.02 Å². The van der Waals surface area contributed by atoms with Crippen LogP contribution in [0.4, 0.5) is 4.39 Å². The molecule has 4 heteroatoms. The molecule has 0 fully saturated rings. The summed E-state index contributed by atoms with van der Waals surface area (Å²) in [5.41, 5.74) is 0. The second-order valence-electron chi connectivity index (χ2n) is 1.34. The van der Waals surface area contributed by atoms with Crippen molar-refractivity contribution in [2.45, 2.75) is 0 Å². The molecule has 0 spiro atoms. The van der Waals surface area contributed by atoms with Crippen molar-refractivity contribution in [2.24, 2.45) is 0 Å². The van der Waals surface area contributed by atoms with Gasteiger partial charge in [-0.1, -0.05) is 0 Å². The van der Waals surface area contributed by atoms with E-state index in [-0.39, 0.29) is 45.1 Å². The Kier molecular flexibility index (Phi) is 8.50. The van der Waals surface area contributed by atoms with Crippen LogP contribution in [0.15, 0.2) is 18.2 Å². The van der Waals surface area contributed by atoms with E-state index in [1.54, 1.807) is 6.07 Å². The molecular weight excluding hydrogens is 231 g/mol.